The van der Waals surface area contributed by atoms with Gasteiger partial charge in [0.15, 0.2) is 11.5 Å². The maximum absolute atomic E-state index is 13.9. The lowest BCUT2D eigenvalue weighted by atomic mass is 9.88. The number of hydrogen-bond acceptors (Lipinski definition) is 4. The van der Waals surface area contributed by atoms with Crippen molar-refractivity contribution in [2.24, 2.45) is 0 Å². The Labute approximate surface area is 201 Å². The molecule has 4 aromatic rings. The molecule has 35 heavy (non-hydrogen) atoms. The Balaban J connectivity index is 1.37. The van der Waals surface area contributed by atoms with Crippen molar-refractivity contribution in [1.82, 2.24) is 9.88 Å². The van der Waals surface area contributed by atoms with E-state index in [9.17, 15) is 9.59 Å². The van der Waals surface area contributed by atoms with Gasteiger partial charge in [-0.3, -0.25) is 9.69 Å². The van der Waals surface area contributed by atoms with Crippen LogP contribution < -0.4 is 14.4 Å². The highest BCUT2D eigenvalue weighted by atomic mass is 16.6. The lowest BCUT2D eigenvalue weighted by Crippen LogP contribution is -2.44. The van der Waals surface area contributed by atoms with E-state index < -0.39 is 12.1 Å². The number of benzene rings is 3. The molecule has 3 aliphatic rings. The van der Waals surface area contributed by atoms with E-state index in [1.807, 2.05) is 49.4 Å². The number of aromatic amines is 1. The first-order valence-electron chi connectivity index (χ1n) is 11.8. The van der Waals surface area contributed by atoms with Gasteiger partial charge in [-0.05, 0) is 36.2 Å². The number of imide groups is 1. The Morgan fingerprint density at radius 3 is 2.51 bits per heavy atom. The van der Waals surface area contributed by atoms with E-state index in [2.05, 4.69) is 11.1 Å². The van der Waals surface area contributed by atoms with Crippen LogP contribution in [0.1, 0.15) is 28.4 Å². The minimum Gasteiger partial charge on any atom is -0.486 e. The molecule has 4 heterocycles. The third-order valence-corrected chi connectivity index (χ3v) is 7.23. The van der Waals surface area contributed by atoms with Crippen LogP contribution in [0.5, 0.6) is 11.5 Å². The van der Waals surface area contributed by atoms with E-state index in [1.54, 1.807) is 23.1 Å². The van der Waals surface area contributed by atoms with Crippen molar-refractivity contribution in [3.63, 3.8) is 0 Å². The summed E-state index contributed by atoms with van der Waals surface area (Å²) < 4.78 is 11.3. The number of aromatic nitrogens is 1. The Morgan fingerprint density at radius 1 is 0.914 bits per heavy atom. The fourth-order valence-electron chi connectivity index (χ4n) is 5.58. The second kappa shape index (κ2) is 7.37. The molecule has 0 saturated carbocycles. The van der Waals surface area contributed by atoms with E-state index in [0.29, 0.717) is 36.8 Å². The van der Waals surface area contributed by atoms with Gasteiger partial charge in [0.1, 0.15) is 25.3 Å². The second-order valence-corrected chi connectivity index (χ2v) is 9.29. The summed E-state index contributed by atoms with van der Waals surface area (Å²) in [4.78, 5) is 34.3. The number of carbonyl (C=O) groups excluding carboxylic acids is 2. The Morgan fingerprint density at radius 2 is 1.69 bits per heavy atom. The number of nitrogens with one attached hydrogen (secondary N) is 1. The van der Waals surface area contributed by atoms with Crippen molar-refractivity contribution in [1.29, 1.82) is 0 Å². The maximum atomic E-state index is 13.9. The Hall–Kier alpha value is -4.26. The summed E-state index contributed by atoms with van der Waals surface area (Å²) in [7, 11) is 0. The average Bonchev–Trinajstić information content (AvgIpc) is 3.38. The largest absolute Gasteiger partial charge is 0.486 e. The highest BCUT2D eigenvalue weighted by molar-refractivity contribution is 6.22. The summed E-state index contributed by atoms with van der Waals surface area (Å²) in [6.45, 7) is 2.95. The van der Waals surface area contributed by atoms with Gasteiger partial charge >= 0.3 is 6.03 Å². The molecule has 3 aliphatic heterocycles. The topological polar surface area (TPSA) is 74.9 Å². The van der Waals surface area contributed by atoms with Gasteiger partial charge in [-0.15, -0.1) is 0 Å². The average molecular weight is 466 g/mol. The minimum absolute atomic E-state index is 0.222. The molecule has 0 unspecified atom stereocenters. The zero-order chi connectivity index (χ0) is 23.7. The number of hydrogen-bond donors (Lipinski definition) is 1. The molecule has 174 valence electrons. The van der Waals surface area contributed by atoms with Crippen molar-refractivity contribution in [3.05, 3.63) is 89.1 Å². The van der Waals surface area contributed by atoms with Gasteiger partial charge in [-0.1, -0.05) is 48.0 Å². The first-order valence-corrected chi connectivity index (χ1v) is 11.8. The molecule has 7 nitrogen and oxygen atoms in total. The molecule has 1 N–H and O–H groups in total. The van der Waals surface area contributed by atoms with Gasteiger partial charge in [0.05, 0.1) is 5.69 Å². The molecule has 0 aliphatic carbocycles. The maximum Gasteiger partial charge on any atom is 0.332 e. The van der Waals surface area contributed by atoms with Crippen LogP contribution in [0, 0.1) is 6.92 Å². The van der Waals surface area contributed by atoms with Crippen LogP contribution in [0.4, 0.5) is 10.5 Å². The Bertz CT molecular complexity index is 1510. The molecule has 7 heteroatoms. The van der Waals surface area contributed by atoms with Crippen LogP contribution in [-0.4, -0.2) is 41.1 Å². The van der Waals surface area contributed by atoms with Crippen molar-refractivity contribution < 1.29 is 19.1 Å². The molecule has 3 aromatic carbocycles. The van der Waals surface area contributed by atoms with Crippen LogP contribution in [-0.2, 0) is 11.2 Å². The van der Waals surface area contributed by atoms with Crippen LogP contribution in [0.2, 0.25) is 0 Å². The zero-order valence-electron chi connectivity index (χ0n) is 19.2. The molecule has 2 atom stereocenters. The fourth-order valence-corrected chi connectivity index (χ4v) is 5.58. The quantitative estimate of drug-likeness (QED) is 0.435. The van der Waals surface area contributed by atoms with Gasteiger partial charge in [-0.2, -0.15) is 0 Å². The van der Waals surface area contributed by atoms with Gasteiger partial charge in [-0.25, -0.2) is 9.69 Å². The van der Waals surface area contributed by atoms with Crippen LogP contribution in [0.3, 0.4) is 0 Å². The number of fused-ring (bicyclic) bond motifs is 5. The number of amides is 3. The summed E-state index contributed by atoms with van der Waals surface area (Å²) in [5, 5.41) is 1.09. The van der Waals surface area contributed by atoms with E-state index in [1.165, 1.54) is 4.90 Å². The summed E-state index contributed by atoms with van der Waals surface area (Å²) >= 11 is 0. The third kappa shape index (κ3) is 2.91. The summed E-state index contributed by atoms with van der Waals surface area (Å²) in [6.07, 6.45) is 0.466. The van der Waals surface area contributed by atoms with Crippen LogP contribution >= 0.6 is 0 Å². The molecule has 1 fully saturated rings. The molecule has 0 bridgehead atoms. The standard InChI is InChI=1S/C28H23N3O4/c1-16-6-8-17(9-7-16)26-25-20(19-4-2-3-5-21(19)29-25)15-22-27(32)30(28(33)31(22)26)18-10-11-23-24(14-18)35-13-12-34-23/h2-11,14,22,26,29H,12-13,15H2,1H3/t22-,26-/m0/s1. The van der Waals surface area contributed by atoms with Gasteiger partial charge in [0, 0.05) is 29.1 Å². The molecule has 1 saturated heterocycles. The van der Waals surface area contributed by atoms with Gasteiger partial charge in [0.25, 0.3) is 5.91 Å². The molecular formula is C28H23N3O4. The first-order chi connectivity index (χ1) is 17.1. The minimum atomic E-state index is -0.589. The number of aryl methyl sites for hydroxylation is 1. The summed E-state index contributed by atoms with van der Waals surface area (Å²) in [6, 6.07) is 20.2. The van der Waals surface area contributed by atoms with E-state index in [4.69, 9.17) is 9.47 Å². The number of H-pyrrole nitrogens is 1. The van der Waals surface area contributed by atoms with Gasteiger partial charge in [0.2, 0.25) is 0 Å². The second-order valence-electron chi connectivity index (χ2n) is 9.29. The van der Waals surface area contributed by atoms with Crippen molar-refractivity contribution in [2.45, 2.75) is 25.4 Å². The van der Waals surface area contributed by atoms with Crippen molar-refractivity contribution in [3.8, 4) is 11.5 Å². The number of carbonyl (C=O) groups is 2. The number of para-hydroxylation sites is 1. The highest BCUT2D eigenvalue weighted by Crippen LogP contribution is 2.45. The van der Waals surface area contributed by atoms with E-state index >= 15 is 0 Å². The monoisotopic (exact) mass is 465 g/mol. The smallest absolute Gasteiger partial charge is 0.332 e. The number of ether oxygens (including phenoxy) is 2. The molecule has 1 aromatic heterocycles. The van der Waals surface area contributed by atoms with Crippen molar-refractivity contribution in [2.75, 3.05) is 18.1 Å². The highest BCUT2D eigenvalue weighted by Gasteiger charge is 2.53. The number of nitrogens with zero attached hydrogens (tertiary/aromatic N) is 2. The lowest BCUT2D eigenvalue weighted by molar-refractivity contribution is -0.120. The predicted octanol–water partition coefficient (Wildman–Crippen LogP) is 4.73. The number of urea groups is 1. The molecule has 0 radical (unpaired) electrons. The van der Waals surface area contributed by atoms with E-state index in [0.717, 1.165) is 33.3 Å². The fraction of sp³-hybridized carbons (Fsp3) is 0.214. The van der Waals surface area contributed by atoms with Crippen LogP contribution in [0.15, 0.2) is 66.7 Å². The predicted molar refractivity (Wildman–Crippen MR) is 131 cm³/mol. The number of rotatable bonds is 2. The Kier molecular flexibility index (Phi) is 4.24. The lowest BCUT2D eigenvalue weighted by Gasteiger charge is -2.36. The van der Waals surface area contributed by atoms with Crippen molar-refractivity contribution >= 4 is 28.5 Å². The van der Waals surface area contributed by atoms with E-state index in [-0.39, 0.29) is 11.9 Å². The normalized spacial score (nSPS) is 20.8. The van der Waals surface area contributed by atoms with Gasteiger partial charge < -0.3 is 14.5 Å². The first kappa shape index (κ1) is 20.1. The third-order valence-electron chi connectivity index (χ3n) is 7.23. The summed E-state index contributed by atoms with van der Waals surface area (Å²) in [5.41, 5.74) is 5.68. The molecule has 3 amide bonds. The molecule has 7 rings (SSSR count). The number of anilines is 1. The molecule has 0 spiro atoms. The SMILES string of the molecule is Cc1ccc([C@H]2c3[nH]c4ccccc4c3C[C@H]3C(=O)N(c4ccc5c(c4)OCCO5)C(=O)N23)cc1. The summed E-state index contributed by atoms with van der Waals surface area (Å²) in [5.74, 6) is 0.945. The molecular weight excluding hydrogens is 442 g/mol. The van der Waals surface area contributed by atoms with Crippen LogP contribution in [0.25, 0.3) is 10.9 Å². The zero-order valence-corrected chi connectivity index (χ0v) is 19.2.